The summed E-state index contributed by atoms with van der Waals surface area (Å²) >= 11 is 0. The van der Waals surface area contributed by atoms with Crippen molar-refractivity contribution in [2.75, 3.05) is 13.1 Å². The molecule has 0 saturated carbocycles. The van der Waals surface area contributed by atoms with Crippen molar-refractivity contribution >= 4 is 5.84 Å². The minimum atomic E-state index is 0.0664. The molecule has 0 saturated heterocycles. The summed E-state index contributed by atoms with van der Waals surface area (Å²) in [6, 6.07) is 10.4. The van der Waals surface area contributed by atoms with E-state index in [0.29, 0.717) is 0 Å². The molecular weight excluding hydrogens is 214 g/mol. The number of benzene rings is 1. The number of amidine groups is 1. The largest absolute Gasteiger partial charge is 0.409 e. The summed E-state index contributed by atoms with van der Waals surface area (Å²) < 4.78 is 0. The highest BCUT2D eigenvalue weighted by Crippen LogP contribution is 2.01. The molecule has 0 aliphatic rings. The second-order valence-corrected chi connectivity index (χ2v) is 4.22. The van der Waals surface area contributed by atoms with E-state index in [1.54, 1.807) is 0 Å². The van der Waals surface area contributed by atoms with Gasteiger partial charge < -0.3 is 16.3 Å². The molecule has 0 radical (unpaired) electrons. The lowest BCUT2D eigenvalue weighted by atomic mass is 10.1. The van der Waals surface area contributed by atoms with Crippen LogP contribution in [0.5, 0.6) is 0 Å². The van der Waals surface area contributed by atoms with Crippen molar-refractivity contribution < 1.29 is 5.21 Å². The molecule has 1 rings (SSSR count). The molecule has 1 aromatic rings. The van der Waals surface area contributed by atoms with E-state index >= 15 is 0 Å². The summed E-state index contributed by atoms with van der Waals surface area (Å²) in [6.45, 7) is 3.61. The quantitative estimate of drug-likeness (QED) is 0.221. The second-order valence-electron chi connectivity index (χ2n) is 4.22. The SMILES string of the molecule is CC(CNCCCc1ccccc1)C(N)=NO. The predicted octanol–water partition coefficient (Wildman–Crippen LogP) is 1.59. The highest BCUT2D eigenvalue weighted by atomic mass is 16.4. The number of rotatable bonds is 7. The third-order valence-corrected chi connectivity index (χ3v) is 2.73. The van der Waals surface area contributed by atoms with Crippen molar-refractivity contribution in [1.82, 2.24) is 5.32 Å². The van der Waals surface area contributed by atoms with Crippen LogP contribution in [0.15, 0.2) is 35.5 Å². The number of aryl methyl sites for hydroxylation is 1. The van der Waals surface area contributed by atoms with Crippen molar-refractivity contribution in [3.63, 3.8) is 0 Å². The van der Waals surface area contributed by atoms with E-state index in [-0.39, 0.29) is 11.8 Å². The molecule has 4 heteroatoms. The summed E-state index contributed by atoms with van der Waals surface area (Å²) in [5.41, 5.74) is 6.84. The molecule has 94 valence electrons. The van der Waals surface area contributed by atoms with Gasteiger partial charge in [-0.15, -0.1) is 0 Å². The van der Waals surface area contributed by atoms with Crippen LogP contribution in [0, 0.1) is 5.92 Å². The number of oxime groups is 1. The zero-order valence-corrected chi connectivity index (χ0v) is 10.3. The standard InChI is InChI=1S/C13H21N3O/c1-11(13(14)16-17)10-15-9-5-8-12-6-3-2-4-7-12/h2-4,6-7,11,15,17H,5,8-10H2,1H3,(H2,14,16). The second kappa shape index (κ2) is 7.68. The molecular formula is C13H21N3O. The van der Waals surface area contributed by atoms with Gasteiger partial charge in [-0.1, -0.05) is 42.4 Å². The highest BCUT2D eigenvalue weighted by molar-refractivity contribution is 5.82. The Bertz CT molecular complexity index is 338. The van der Waals surface area contributed by atoms with Crippen molar-refractivity contribution in [3.8, 4) is 0 Å². The minimum Gasteiger partial charge on any atom is -0.409 e. The molecule has 1 aromatic carbocycles. The van der Waals surface area contributed by atoms with Crippen LogP contribution in [0.4, 0.5) is 0 Å². The lowest BCUT2D eigenvalue weighted by Crippen LogP contribution is -2.31. The van der Waals surface area contributed by atoms with Crippen LogP contribution >= 0.6 is 0 Å². The van der Waals surface area contributed by atoms with Crippen LogP contribution in [0.3, 0.4) is 0 Å². The molecule has 0 aliphatic carbocycles. The molecule has 1 unspecified atom stereocenters. The fourth-order valence-electron chi connectivity index (χ4n) is 1.58. The van der Waals surface area contributed by atoms with Crippen LogP contribution in [-0.2, 0) is 6.42 Å². The van der Waals surface area contributed by atoms with Gasteiger partial charge in [0, 0.05) is 12.5 Å². The molecule has 1 atom stereocenters. The summed E-state index contributed by atoms with van der Waals surface area (Å²) in [5, 5.41) is 14.8. The Balaban J connectivity index is 2.09. The van der Waals surface area contributed by atoms with Crippen molar-refractivity contribution in [2.24, 2.45) is 16.8 Å². The summed E-state index contributed by atoms with van der Waals surface area (Å²) in [5.74, 6) is 0.345. The lowest BCUT2D eigenvalue weighted by molar-refractivity contribution is 0.314. The number of hydrogen-bond donors (Lipinski definition) is 3. The van der Waals surface area contributed by atoms with Gasteiger partial charge in [-0.3, -0.25) is 0 Å². The molecule has 0 amide bonds. The third kappa shape index (κ3) is 5.36. The van der Waals surface area contributed by atoms with Gasteiger partial charge in [-0.05, 0) is 24.9 Å². The molecule has 4 N–H and O–H groups in total. The van der Waals surface area contributed by atoms with Gasteiger partial charge in [0.05, 0.1) is 0 Å². The van der Waals surface area contributed by atoms with Crippen molar-refractivity contribution in [3.05, 3.63) is 35.9 Å². The van der Waals surface area contributed by atoms with Crippen LogP contribution in [-0.4, -0.2) is 24.1 Å². The van der Waals surface area contributed by atoms with E-state index in [4.69, 9.17) is 10.9 Å². The Morgan fingerprint density at radius 3 is 2.76 bits per heavy atom. The first-order valence-electron chi connectivity index (χ1n) is 5.96. The average Bonchev–Trinajstić information content (AvgIpc) is 2.38. The maximum absolute atomic E-state index is 8.49. The maximum atomic E-state index is 8.49. The van der Waals surface area contributed by atoms with Crippen LogP contribution in [0.2, 0.25) is 0 Å². The first kappa shape index (κ1) is 13.5. The summed E-state index contributed by atoms with van der Waals surface area (Å²) in [6.07, 6.45) is 2.17. The number of nitrogens with zero attached hydrogens (tertiary/aromatic N) is 1. The van der Waals surface area contributed by atoms with E-state index in [2.05, 4.69) is 34.7 Å². The van der Waals surface area contributed by atoms with Gasteiger partial charge in [0.25, 0.3) is 0 Å². The molecule has 0 spiro atoms. The fraction of sp³-hybridized carbons (Fsp3) is 0.462. The van der Waals surface area contributed by atoms with Crippen molar-refractivity contribution in [1.29, 1.82) is 0 Å². The van der Waals surface area contributed by atoms with Crippen molar-refractivity contribution in [2.45, 2.75) is 19.8 Å². The average molecular weight is 235 g/mol. The van der Waals surface area contributed by atoms with E-state index in [9.17, 15) is 0 Å². The zero-order chi connectivity index (χ0) is 12.5. The van der Waals surface area contributed by atoms with Gasteiger partial charge in [0.1, 0.15) is 5.84 Å². The monoisotopic (exact) mass is 235 g/mol. The lowest BCUT2D eigenvalue weighted by Gasteiger charge is -2.10. The fourth-order valence-corrected chi connectivity index (χ4v) is 1.58. The van der Waals surface area contributed by atoms with E-state index < -0.39 is 0 Å². The first-order valence-corrected chi connectivity index (χ1v) is 5.96. The van der Waals surface area contributed by atoms with E-state index in [1.165, 1.54) is 5.56 Å². The number of hydrogen-bond acceptors (Lipinski definition) is 3. The highest BCUT2D eigenvalue weighted by Gasteiger charge is 2.05. The van der Waals surface area contributed by atoms with Gasteiger partial charge >= 0.3 is 0 Å². The first-order chi connectivity index (χ1) is 8.24. The molecule has 17 heavy (non-hydrogen) atoms. The Hall–Kier alpha value is -1.55. The van der Waals surface area contributed by atoms with Crippen LogP contribution in [0.1, 0.15) is 18.9 Å². The molecule has 4 nitrogen and oxygen atoms in total. The zero-order valence-electron chi connectivity index (χ0n) is 10.3. The Morgan fingerprint density at radius 2 is 2.12 bits per heavy atom. The van der Waals surface area contributed by atoms with E-state index in [1.807, 2.05) is 13.0 Å². The minimum absolute atomic E-state index is 0.0664. The number of nitrogens with one attached hydrogen (secondary N) is 1. The molecule has 0 bridgehead atoms. The molecule has 0 aromatic heterocycles. The maximum Gasteiger partial charge on any atom is 0.143 e. The van der Waals surface area contributed by atoms with Gasteiger partial charge in [0.15, 0.2) is 0 Å². The molecule has 0 heterocycles. The smallest absolute Gasteiger partial charge is 0.143 e. The Kier molecular flexibility index (Phi) is 6.10. The van der Waals surface area contributed by atoms with Crippen LogP contribution in [0.25, 0.3) is 0 Å². The Labute approximate surface area is 103 Å². The molecule has 0 fully saturated rings. The predicted molar refractivity (Wildman–Crippen MR) is 70.2 cm³/mol. The topological polar surface area (TPSA) is 70.6 Å². The number of nitrogens with two attached hydrogens (primary N) is 1. The normalized spacial score (nSPS) is 13.6. The van der Waals surface area contributed by atoms with Gasteiger partial charge in [-0.2, -0.15) is 0 Å². The van der Waals surface area contributed by atoms with Gasteiger partial charge in [0.2, 0.25) is 0 Å². The summed E-state index contributed by atoms with van der Waals surface area (Å²) in [7, 11) is 0. The van der Waals surface area contributed by atoms with Gasteiger partial charge in [-0.25, -0.2) is 0 Å². The van der Waals surface area contributed by atoms with Crippen LogP contribution < -0.4 is 11.1 Å². The Morgan fingerprint density at radius 1 is 1.41 bits per heavy atom. The summed E-state index contributed by atoms with van der Waals surface area (Å²) in [4.78, 5) is 0. The third-order valence-electron chi connectivity index (χ3n) is 2.73. The molecule has 0 aliphatic heterocycles. The van der Waals surface area contributed by atoms with E-state index in [0.717, 1.165) is 25.9 Å².